The number of hydrogen-bond donors (Lipinski definition) is 0. The van der Waals surface area contributed by atoms with E-state index in [0.29, 0.717) is 6.61 Å². The summed E-state index contributed by atoms with van der Waals surface area (Å²) >= 11 is 0. The maximum absolute atomic E-state index is 6.15. The molecule has 0 N–H and O–H groups in total. The zero-order chi connectivity index (χ0) is 18.2. The van der Waals surface area contributed by atoms with Gasteiger partial charge in [0, 0.05) is 24.1 Å². The molecule has 0 bridgehead atoms. The number of hydrogen-bond acceptors (Lipinski definition) is 4. The van der Waals surface area contributed by atoms with Gasteiger partial charge in [-0.25, -0.2) is 4.98 Å². The maximum Gasteiger partial charge on any atom is 0.200 e. The van der Waals surface area contributed by atoms with Gasteiger partial charge in [0.15, 0.2) is 0 Å². The number of pyridine rings is 1. The Balaban J connectivity index is 1.69. The molecule has 6 nitrogen and oxygen atoms in total. The Morgan fingerprint density at radius 1 is 1.00 bits per heavy atom. The summed E-state index contributed by atoms with van der Waals surface area (Å²) in [6.07, 6.45) is 3.75. The number of aromatic nitrogens is 5. The fraction of sp³-hybridized carbons (Fsp3) is 0.0952. The molecule has 5 rings (SSSR count). The summed E-state index contributed by atoms with van der Waals surface area (Å²) in [5.74, 6) is 1.58. The van der Waals surface area contributed by atoms with E-state index in [0.717, 1.165) is 39.3 Å². The fourth-order valence-corrected chi connectivity index (χ4v) is 3.33. The number of imidazole rings is 1. The molecule has 0 fully saturated rings. The first-order valence-electron chi connectivity index (χ1n) is 8.72. The van der Waals surface area contributed by atoms with Crippen molar-refractivity contribution in [1.29, 1.82) is 0 Å². The van der Waals surface area contributed by atoms with Gasteiger partial charge in [0.05, 0.1) is 17.9 Å². The van der Waals surface area contributed by atoms with E-state index < -0.39 is 0 Å². The second kappa shape index (κ2) is 6.25. The highest BCUT2D eigenvalue weighted by Gasteiger charge is 2.14. The molecular weight excluding hydrogens is 338 g/mol. The van der Waals surface area contributed by atoms with Crippen LogP contribution in [0.5, 0.6) is 5.88 Å². The zero-order valence-electron chi connectivity index (χ0n) is 14.8. The van der Waals surface area contributed by atoms with E-state index in [1.807, 2.05) is 55.8 Å². The highest BCUT2D eigenvalue weighted by molar-refractivity contribution is 5.97. The molecule has 0 atom stereocenters. The normalized spacial score (nSPS) is 11.3. The third kappa shape index (κ3) is 2.71. The minimum absolute atomic E-state index is 0.341. The van der Waals surface area contributed by atoms with E-state index in [-0.39, 0.29) is 0 Å². The van der Waals surface area contributed by atoms with E-state index >= 15 is 0 Å². The number of aryl methyl sites for hydroxylation is 1. The molecule has 27 heavy (non-hydrogen) atoms. The summed E-state index contributed by atoms with van der Waals surface area (Å²) in [6.45, 7) is 0.341. The van der Waals surface area contributed by atoms with Crippen LogP contribution < -0.4 is 4.74 Å². The van der Waals surface area contributed by atoms with Crippen LogP contribution >= 0.6 is 0 Å². The average Bonchev–Trinajstić information content (AvgIpc) is 3.33. The van der Waals surface area contributed by atoms with Crippen molar-refractivity contribution in [3.05, 3.63) is 78.8 Å². The molecule has 132 valence electrons. The van der Waals surface area contributed by atoms with Gasteiger partial charge in [-0.3, -0.25) is 9.08 Å². The summed E-state index contributed by atoms with van der Waals surface area (Å²) in [4.78, 5) is 4.69. The number of fused-ring (bicyclic) bond motifs is 3. The predicted octanol–water partition coefficient (Wildman–Crippen LogP) is 3.86. The number of ether oxygens (including phenoxy) is 1. The van der Waals surface area contributed by atoms with Crippen LogP contribution in [0.1, 0.15) is 5.69 Å². The minimum Gasteiger partial charge on any atom is -0.472 e. The molecule has 6 heteroatoms. The van der Waals surface area contributed by atoms with Gasteiger partial charge in [-0.1, -0.05) is 59.8 Å². The van der Waals surface area contributed by atoms with Crippen LogP contribution in [0.3, 0.4) is 0 Å². The molecule has 0 spiro atoms. The second-order valence-corrected chi connectivity index (χ2v) is 6.41. The molecule has 3 heterocycles. The van der Waals surface area contributed by atoms with Crippen LogP contribution in [-0.2, 0) is 13.7 Å². The monoisotopic (exact) mass is 355 g/mol. The van der Waals surface area contributed by atoms with Crippen LogP contribution in [0.2, 0.25) is 0 Å². The molecule has 0 saturated carbocycles. The SMILES string of the molecule is Cn1cc(COc2cc3ccccc3c3cnc(-c4ccccc4)n23)nn1. The molecule has 0 aliphatic heterocycles. The molecule has 0 saturated heterocycles. The Bertz CT molecular complexity index is 1240. The Morgan fingerprint density at radius 2 is 1.81 bits per heavy atom. The van der Waals surface area contributed by atoms with Gasteiger partial charge in [-0.2, -0.15) is 0 Å². The molecule has 0 amide bonds. The number of benzene rings is 2. The Morgan fingerprint density at radius 3 is 2.63 bits per heavy atom. The summed E-state index contributed by atoms with van der Waals surface area (Å²) in [5.41, 5.74) is 2.83. The Hall–Kier alpha value is -3.67. The Kier molecular flexibility index (Phi) is 3.60. The number of nitrogens with zero attached hydrogens (tertiary/aromatic N) is 5. The van der Waals surface area contributed by atoms with Crippen LogP contribution in [-0.4, -0.2) is 24.4 Å². The lowest BCUT2D eigenvalue weighted by Gasteiger charge is -2.12. The largest absolute Gasteiger partial charge is 0.472 e. The van der Waals surface area contributed by atoms with Crippen LogP contribution in [0.15, 0.2) is 73.1 Å². The van der Waals surface area contributed by atoms with Crippen molar-refractivity contribution < 1.29 is 4.74 Å². The van der Waals surface area contributed by atoms with Gasteiger partial charge in [0.2, 0.25) is 5.88 Å². The van der Waals surface area contributed by atoms with Gasteiger partial charge < -0.3 is 4.74 Å². The van der Waals surface area contributed by atoms with Crippen molar-refractivity contribution in [3.8, 4) is 17.3 Å². The fourth-order valence-electron chi connectivity index (χ4n) is 3.33. The summed E-state index contributed by atoms with van der Waals surface area (Å²) in [5, 5.41) is 10.3. The minimum atomic E-state index is 0.341. The van der Waals surface area contributed by atoms with E-state index in [1.165, 1.54) is 0 Å². The van der Waals surface area contributed by atoms with Crippen molar-refractivity contribution in [2.24, 2.45) is 7.05 Å². The molecule has 0 unspecified atom stereocenters. The topological polar surface area (TPSA) is 57.2 Å². The first-order valence-corrected chi connectivity index (χ1v) is 8.72. The lowest BCUT2D eigenvalue weighted by Crippen LogP contribution is -2.02. The molecule has 5 aromatic rings. The highest BCUT2D eigenvalue weighted by atomic mass is 16.5. The van der Waals surface area contributed by atoms with Gasteiger partial charge in [0.25, 0.3) is 0 Å². The Labute approximate surface area is 155 Å². The molecule has 2 aromatic carbocycles. The van der Waals surface area contributed by atoms with Gasteiger partial charge in [-0.05, 0) is 5.39 Å². The highest BCUT2D eigenvalue weighted by Crippen LogP contribution is 2.31. The maximum atomic E-state index is 6.15. The van der Waals surface area contributed by atoms with Crippen molar-refractivity contribution in [2.75, 3.05) is 0 Å². The van der Waals surface area contributed by atoms with Gasteiger partial charge in [-0.15, -0.1) is 5.10 Å². The number of rotatable bonds is 4. The molecule has 0 aliphatic rings. The third-order valence-corrected chi connectivity index (χ3v) is 4.55. The summed E-state index contributed by atoms with van der Waals surface area (Å²) in [6, 6.07) is 20.4. The van der Waals surface area contributed by atoms with E-state index in [1.54, 1.807) is 4.68 Å². The van der Waals surface area contributed by atoms with Crippen molar-refractivity contribution in [1.82, 2.24) is 24.4 Å². The molecule has 0 radical (unpaired) electrons. The lowest BCUT2D eigenvalue weighted by molar-refractivity contribution is 0.286. The van der Waals surface area contributed by atoms with Crippen LogP contribution in [0.25, 0.3) is 27.7 Å². The molecule has 3 aromatic heterocycles. The lowest BCUT2D eigenvalue weighted by atomic mass is 10.1. The van der Waals surface area contributed by atoms with E-state index in [4.69, 9.17) is 4.74 Å². The predicted molar refractivity (Wildman–Crippen MR) is 103 cm³/mol. The van der Waals surface area contributed by atoms with Crippen LogP contribution in [0, 0.1) is 0 Å². The molecular formula is C21H17N5O. The average molecular weight is 355 g/mol. The van der Waals surface area contributed by atoms with Crippen molar-refractivity contribution in [2.45, 2.75) is 6.61 Å². The third-order valence-electron chi connectivity index (χ3n) is 4.55. The first kappa shape index (κ1) is 15.6. The van der Waals surface area contributed by atoms with Gasteiger partial charge >= 0.3 is 0 Å². The van der Waals surface area contributed by atoms with Crippen LogP contribution in [0.4, 0.5) is 0 Å². The molecule has 0 aliphatic carbocycles. The second-order valence-electron chi connectivity index (χ2n) is 6.41. The first-order chi connectivity index (χ1) is 13.3. The van der Waals surface area contributed by atoms with Crippen molar-refractivity contribution >= 4 is 16.3 Å². The zero-order valence-corrected chi connectivity index (χ0v) is 14.8. The van der Waals surface area contributed by atoms with E-state index in [2.05, 4.69) is 44.0 Å². The van der Waals surface area contributed by atoms with Gasteiger partial charge in [0.1, 0.15) is 18.1 Å². The summed E-state index contributed by atoms with van der Waals surface area (Å²) in [7, 11) is 1.84. The smallest absolute Gasteiger partial charge is 0.200 e. The quantitative estimate of drug-likeness (QED) is 0.491. The van der Waals surface area contributed by atoms with E-state index in [9.17, 15) is 0 Å². The standard InChI is InChI=1S/C21H17N5O/c1-25-13-17(23-24-25)14-27-20-11-16-9-5-6-10-18(16)19-12-22-21(26(19)20)15-7-3-2-4-8-15/h2-13H,14H2,1H3. The summed E-state index contributed by atoms with van der Waals surface area (Å²) < 4.78 is 9.89. The van der Waals surface area contributed by atoms with Crippen molar-refractivity contribution in [3.63, 3.8) is 0 Å².